The molecule has 110 valence electrons. The van der Waals surface area contributed by atoms with Crippen molar-refractivity contribution in [1.29, 1.82) is 0 Å². The molecule has 2 saturated heterocycles. The molecule has 0 radical (unpaired) electrons. The number of hydrogen-bond acceptors (Lipinski definition) is 2. The van der Waals surface area contributed by atoms with Crippen LogP contribution in [0.25, 0.3) is 0 Å². The molecular formula is C17H26NO2+. The molecule has 0 unspecified atom stereocenters. The summed E-state index contributed by atoms with van der Waals surface area (Å²) in [7, 11) is 0. The van der Waals surface area contributed by atoms with Crippen molar-refractivity contribution in [2.75, 3.05) is 6.54 Å². The average molecular weight is 276 g/mol. The van der Waals surface area contributed by atoms with Gasteiger partial charge >= 0.3 is 0 Å². The molecule has 3 nitrogen and oxygen atoms in total. The predicted molar refractivity (Wildman–Crippen MR) is 78.6 cm³/mol. The van der Waals surface area contributed by atoms with Crippen LogP contribution < -0.4 is 0 Å². The van der Waals surface area contributed by atoms with E-state index in [4.69, 9.17) is 9.57 Å². The van der Waals surface area contributed by atoms with E-state index in [2.05, 4.69) is 44.2 Å². The Balaban J connectivity index is 1.76. The zero-order chi connectivity index (χ0) is 14.0. The summed E-state index contributed by atoms with van der Waals surface area (Å²) in [5.41, 5.74) is 1.37. The second kappa shape index (κ2) is 5.84. The summed E-state index contributed by atoms with van der Waals surface area (Å²) in [5, 5.41) is 0. The van der Waals surface area contributed by atoms with Gasteiger partial charge < -0.3 is 4.74 Å². The third-order valence-electron chi connectivity index (χ3n) is 4.50. The minimum atomic E-state index is -0.0261. The number of quaternary nitrogens is 1. The monoisotopic (exact) mass is 276 g/mol. The molecule has 20 heavy (non-hydrogen) atoms. The quantitative estimate of drug-likeness (QED) is 0.782. The maximum Gasteiger partial charge on any atom is 0.221 e. The van der Waals surface area contributed by atoms with Crippen LogP contribution in [0.1, 0.15) is 45.1 Å². The second-order valence-corrected chi connectivity index (χ2v) is 6.42. The molecule has 0 bridgehead atoms. The van der Waals surface area contributed by atoms with Crippen LogP contribution in [0.4, 0.5) is 0 Å². The third kappa shape index (κ3) is 2.90. The van der Waals surface area contributed by atoms with E-state index in [9.17, 15) is 0 Å². The van der Waals surface area contributed by atoms with E-state index in [1.807, 2.05) is 0 Å². The highest BCUT2D eigenvalue weighted by Gasteiger charge is 2.51. The highest BCUT2D eigenvalue weighted by molar-refractivity contribution is 5.13. The van der Waals surface area contributed by atoms with Crippen LogP contribution in [0.5, 0.6) is 0 Å². The molecule has 0 amide bonds. The molecule has 2 aliphatic rings. The molecule has 2 fully saturated rings. The lowest BCUT2D eigenvalue weighted by molar-refractivity contribution is -1.13. The summed E-state index contributed by atoms with van der Waals surface area (Å²) >= 11 is 0. The fraction of sp³-hybridized carbons (Fsp3) is 0.647. The number of hydrogen-bond donors (Lipinski definition) is 0. The van der Waals surface area contributed by atoms with E-state index in [0.717, 1.165) is 24.2 Å². The first-order chi connectivity index (χ1) is 9.68. The Hall–Kier alpha value is -0.900. The van der Waals surface area contributed by atoms with Crippen LogP contribution in [0, 0.1) is 0 Å². The fourth-order valence-electron chi connectivity index (χ4n) is 3.65. The van der Waals surface area contributed by atoms with Gasteiger partial charge in [-0.3, -0.25) is 0 Å². The number of rotatable bonds is 4. The molecule has 3 rings (SSSR count). The first kappa shape index (κ1) is 14.1. The highest BCUT2D eigenvalue weighted by atomic mass is 16.8. The molecule has 0 spiro atoms. The lowest BCUT2D eigenvalue weighted by Gasteiger charge is -2.39. The largest absolute Gasteiger partial charge is 0.345 e. The Bertz CT molecular complexity index is 434. The maximum absolute atomic E-state index is 6.38. The highest BCUT2D eigenvalue weighted by Crippen LogP contribution is 2.39. The van der Waals surface area contributed by atoms with Gasteiger partial charge in [0.15, 0.2) is 0 Å². The minimum absolute atomic E-state index is 0.0261. The number of nitrogens with zero attached hydrogens (tertiary/aromatic N) is 1. The smallest absolute Gasteiger partial charge is 0.221 e. The van der Waals surface area contributed by atoms with Crippen LogP contribution in [0.2, 0.25) is 0 Å². The van der Waals surface area contributed by atoms with Crippen molar-refractivity contribution < 1.29 is 14.2 Å². The van der Waals surface area contributed by atoms with Crippen molar-refractivity contribution in [2.45, 2.75) is 64.5 Å². The van der Waals surface area contributed by atoms with Crippen molar-refractivity contribution >= 4 is 0 Å². The van der Waals surface area contributed by atoms with Crippen LogP contribution in [-0.4, -0.2) is 29.6 Å². The Morgan fingerprint density at radius 1 is 1.25 bits per heavy atom. The summed E-state index contributed by atoms with van der Waals surface area (Å²) in [6.45, 7) is 6.27. The van der Waals surface area contributed by atoms with Gasteiger partial charge in [-0.05, 0) is 26.7 Å². The van der Waals surface area contributed by atoms with Gasteiger partial charge in [-0.15, -0.1) is 0 Å². The number of benzene rings is 1. The normalized spacial score (nSPS) is 33.4. The molecular weight excluding hydrogens is 250 g/mol. The van der Waals surface area contributed by atoms with E-state index < -0.39 is 0 Å². The molecule has 0 aliphatic carbocycles. The molecule has 3 atom stereocenters. The van der Waals surface area contributed by atoms with Gasteiger partial charge in [-0.1, -0.05) is 30.3 Å². The molecule has 1 aromatic rings. The molecule has 3 heteroatoms. The summed E-state index contributed by atoms with van der Waals surface area (Å²) in [4.78, 5) is 6.38. The van der Waals surface area contributed by atoms with Crippen molar-refractivity contribution in [2.24, 2.45) is 0 Å². The maximum atomic E-state index is 6.38. The van der Waals surface area contributed by atoms with E-state index >= 15 is 0 Å². The summed E-state index contributed by atoms with van der Waals surface area (Å²) < 4.78 is 6.71. The van der Waals surface area contributed by atoms with Crippen LogP contribution in [0.3, 0.4) is 0 Å². The zero-order valence-electron chi connectivity index (χ0n) is 12.6. The van der Waals surface area contributed by atoms with Gasteiger partial charge in [0.1, 0.15) is 19.1 Å². The molecule has 0 saturated carbocycles. The van der Waals surface area contributed by atoms with E-state index in [1.54, 1.807) is 0 Å². The van der Waals surface area contributed by atoms with Crippen molar-refractivity contribution in [3.63, 3.8) is 0 Å². The van der Waals surface area contributed by atoms with Crippen molar-refractivity contribution in [1.82, 2.24) is 0 Å². The Morgan fingerprint density at radius 2 is 2.05 bits per heavy atom. The molecule has 0 N–H and O–H groups in total. The summed E-state index contributed by atoms with van der Waals surface area (Å²) in [6, 6.07) is 11.3. The summed E-state index contributed by atoms with van der Waals surface area (Å²) in [6.07, 6.45) is 5.12. The first-order valence-electron chi connectivity index (χ1n) is 7.92. The second-order valence-electron chi connectivity index (χ2n) is 6.42. The average Bonchev–Trinajstić information content (AvgIpc) is 2.76. The standard InChI is InChI=1S/C17H26NO2/c1-14(2)19-17-12-16-10-6-7-11-18(16,20-17)13-15-8-4-3-5-9-15/h3-5,8-9,14,16-17H,6-7,10-13H2,1-2H3/q+1/t16-,17+,18+/m1/s1. The van der Waals surface area contributed by atoms with Gasteiger partial charge in [0, 0.05) is 12.0 Å². The SMILES string of the molecule is CC(C)O[C@@H]1C[C@H]2CCCC[N@@+]2(Cc2ccccc2)O1. The number of fused-ring (bicyclic) bond motifs is 1. The van der Waals surface area contributed by atoms with Gasteiger partial charge in [-0.2, -0.15) is 9.48 Å². The molecule has 0 aromatic heterocycles. The molecule has 1 aromatic carbocycles. The molecule has 2 heterocycles. The topological polar surface area (TPSA) is 18.5 Å². The van der Waals surface area contributed by atoms with Crippen LogP contribution in [0.15, 0.2) is 30.3 Å². The van der Waals surface area contributed by atoms with Crippen molar-refractivity contribution in [3.8, 4) is 0 Å². The lowest BCUT2D eigenvalue weighted by atomic mass is 9.98. The fourth-order valence-corrected chi connectivity index (χ4v) is 3.65. The zero-order valence-corrected chi connectivity index (χ0v) is 12.6. The van der Waals surface area contributed by atoms with Crippen molar-refractivity contribution in [3.05, 3.63) is 35.9 Å². The van der Waals surface area contributed by atoms with E-state index in [0.29, 0.717) is 6.04 Å². The van der Waals surface area contributed by atoms with Gasteiger partial charge in [0.05, 0.1) is 12.5 Å². The Kier molecular flexibility index (Phi) is 4.11. The van der Waals surface area contributed by atoms with E-state index in [1.165, 1.54) is 24.8 Å². The molecule has 2 aliphatic heterocycles. The predicted octanol–water partition coefficient (Wildman–Crippen LogP) is 3.64. The van der Waals surface area contributed by atoms with Gasteiger partial charge in [0.2, 0.25) is 6.29 Å². The first-order valence-corrected chi connectivity index (χ1v) is 7.92. The number of piperidine rings is 1. The number of hydroxylamine groups is 3. The third-order valence-corrected chi connectivity index (χ3v) is 4.50. The van der Waals surface area contributed by atoms with Gasteiger partial charge in [-0.25, -0.2) is 0 Å². The van der Waals surface area contributed by atoms with Crippen LogP contribution >= 0.6 is 0 Å². The number of ether oxygens (including phenoxy) is 1. The summed E-state index contributed by atoms with van der Waals surface area (Å²) in [5.74, 6) is 0. The lowest BCUT2D eigenvalue weighted by Crippen LogP contribution is -2.52. The Morgan fingerprint density at radius 3 is 2.80 bits per heavy atom. The van der Waals surface area contributed by atoms with Gasteiger partial charge in [0.25, 0.3) is 0 Å². The van der Waals surface area contributed by atoms with Crippen LogP contribution in [-0.2, 0) is 16.1 Å². The van der Waals surface area contributed by atoms with E-state index in [-0.39, 0.29) is 12.4 Å². The minimum Gasteiger partial charge on any atom is -0.345 e. The Labute approximate surface area is 122 Å².